The summed E-state index contributed by atoms with van der Waals surface area (Å²) in [7, 11) is 3.84. The van der Waals surface area contributed by atoms with Crippen molar-refractivity contribution in [3.8, 4) is 0 Å². The highest BCUT2D eigenvalue weighted by atomic mass is 16.2. The summed E-state index contributed by atoms with van der Waals surface area (Å²) in [6, 6.07) is 13.2. The minimum Gasteiger partial charge on any atom is -0.363 e. The van der Waals surface area contributed by atoms with Crippen LogP contribution >= 0.6 is 0 Å². The van der Waals surface area contributed by atoms with Gasteiger partial charge in [-0.25, -0.2) is 9.78 Å². The van der Waals surface area contributed by atoms with Gasteiger partial charge in [0.2, 0.25) is 0 Å². The summed E-state index contributed by atoms with van der Waals surface area (Å²) in [4.78, 5) is 17.9. The number of nitrogens with zero attached hydrogens (tertiary/aromatic N) is 2. The number of pyridine rings is 1. The molecule has 2 rings (SSSR count). The maximum atomic E-state index is 11.7. The molecule has 0 aliphatic carbocycles. The highest BCUT2D eigenvalue weighted by Gasteiger charge is 2.03. The Labute approximate surface area is 118 Å². The summed E-state index contributed by atoms with van der Waals surface area (Å²) in [5.74, 6) is 0.847. The fourth-order valence-electron chi connectivity index (χ4n) is 1.68. The molecule has 20 heavy (non-hydrogen) atoms. The molecular weight excluding hydrogens is 252 g/mol. The second-order valence-electron chi connectivity index (χ2n) is 4.59. The van der Waals surface area contributed by atoms with Crippen molar-refractivity contribution in [1.29, 1.82) is 0 Å². The second kappa shape index (κ2) is 6.56. The Morgan fingerprint density at radius 1 is 1.15 bits per heavy atom. The Kier molecular flexibility index (Phi) is 4.55. The van der Waals surface area contributed by atoms with E-state index >= 15 is 0 Å². The van der Waals surface area contributed by atoms with Crippen LogP contribution in [0, 0.1) is 0 Å². The van der Waals surface area contributed by atoms with Crippen LogP contribution in [0.5, 0.6) is 0 Å². The van der Waals surface area contributed by atoms with Gasteiger partial charge in [0.05, 0.1) is 11.9 Å². The number of carbonyl (C=O) groups is 1. The lowest BCUT2D eigenvalue weighted by Gasteiger charge is -2.12. The van der Waals surface area contributed by atoms with E-state index in [0.29, 0.717) is 12.2 Å². The van der Waals surface area contributed by atoms with E-state index in [4.69, 9.17) is 0 Å². The monoisotopic (exact) mass is 270 g/mol. The predicted molar refractivity (Wildman–Crippen MR) is 80.9 cm³/mol. The maximum Gasteiger partial charge on any atom is 0.319 e. The minimum atomic E-state index is -0.242. The van der Waals surface area contributed by atoms with Crippen molar-refractivity contribution in [2.24, 2.45) is 0 Å². The van der Waals surface area contributed by atoms with Crippen LogP contribution in [0.25, 0.3) is 0 Å². The molecule has 0 bridgehead atoms. The molecule has 1 heterocycles. The summed E-state index contributed by atoms with van der Waals surface area (Å²) in [6.45, 7) is 0.496. The van der Waals surface area contributed by atoms with Crippen molar-refractivity contribution in [3.05, 3.63) is 54.2 Å². The molecule has 0 radical (unpaired) electrons. The van der Waals surface area contributed by atoms with E-state index in [-0.39, 0.29) is 6.03 Å². The number of hydrogen-bond acceptors (Lipinski definition) is 3. The van der Waals surface area contributed by atoms with Crippen LogP contribution in [0.2, 0.25) is 0 Å². The first-order valence-corrected chi connectivity index (χ1v) is 6.37. The number of nitrogens with one attached hydrogen (secondary N) is 2. The molecule has 0 saturated heterocycles. The van der Waals surface area contributed by atoms with Crippen molar-refractivity contribution >= 4 is 17.5 Å². The highest BCUT2D eigenvalue weighted by molar-refractivity contribution is 5.89. The predicted octanol–water partition coefficient (Wildman–Crippen LogP) is 2.47. The molecule has 1 aromatic carbocycles. The third-order valence-electron chi connectivity index (χ3n) is 2.76. The fourth-order valence-corrected chi connectivity index (χ4v) is 1.68. The van der Waals surface area contributed by atoms with E-state index in [1.54, 1.807) is 6.20 Å². The van der Waals surface area contributed by atoms with Gasteiger partial charge < -0.3 is 15.5 Å². The zero-order valence-corrected chi connectivity index (χ0v) is 11.6. The molecule has 0 aliphatic heterocycles. The van der Waals surface area contributed by atoms with E-state index in [1.165, 1.54) is 0 Å². The van der Waals surface area contributed by atoms with Crippen molar-refractivity contribution in [2.75, 3.05) is 24.3 Å². The summed E-state index contributed by atoms with van der Waals surface area (Å²) < 4.78 is 0. The molecule has 0 saturated carbocycles. The number of aromatic nitrogens is 1. The van der Waals surface area contributed by atoms with E-state index < -0.39 is 0 Å². The first-order chi connectivity index (χ1) is 9.65. The zero-order chi connectivity index (χ0) is 14.4. The molecule has 0 fully saturated rings. The first-order valence-electron chi connectivity index (χ1n) is 6.37. The largest absolute Gasteiger partial charge is 0.363 e. The van der Waals surface area contributed by atoms with Gasteiger partial charge in [-0.3, -0.25) is 0 Å². The number of hydrogen-bond donors (Lipinski definition) is 2. The summed E-state index contributed by atoms with van der Waals surface area (Å²) in [5.41, 5.74) is 1.73. The van der Waals surface area contributed by atoms with Crippen LogP contribution in [-0.4, -0.2) is 25.1 Å². The van der Waals surface area contributed by atoms with Gasteiger partial charge in [0.25, 0.3) is 0 Å². The van der Waals surface area contributed by atoms with Crippen LogP contribution in [0.3, 0.4) is 0 Å². The van der Waals surface area contributed by atoms with Gasteiger partial charge >= 0.3 is 6.03 Å². The standard InChI is InChI=1S/C15H18N4O/c1-19(2)14-9-8-13(11-16-14)18-15(20)17-10-12-6-4-3-5-7-12/h3-9,11H,10H2,1-2H3,(H2,17,18,20). The third-order valence-corrected chi connectivity index (χ3v) is 2.76. The molecule has 0 atom stereocenters. The van der Waals surface area contributed by atoms with Crippen molar-refractivity contribution < 1.29 is 4.79 Å². The van der Waals surface area contributed by atoms with Crippen LogP contribution < -0.4 is 15.5 Å². The number of carbonyl (C=O) groups excluding carboxylic acids is 1. The van der Waals surface area contributed by atoms with E-state index in [1.807, 2.05) is 61.5 Å². The van der Waals surface area contributed by atoms with E-state index in [9.17, 15) is 4.79 Å². The van der Waals surface area contributed by atoms with Gasteiger partial charge in [-0.1, -0.05) is 30.3 Å². The SMILES string of the molecule is CN(C)c1ccc(NC(=O)NCc2ccccc2)cn1. The number of urea groups is 1. The van der Waals surface area contributed by atoms with Crippen LogP contribution in [0.4, 0.5) is 16.3 Å². The average Bonchev–Trinajstić information content (AvgIpc) is 2.47. The summed E-state index contributed by atoms with van der Waals surface area (Å²) in [5, 5.41) is 5.54. The molecule has 2 amide bonds. The number of rotatable bonds is 4. The smallest absolute Gasteiger partial charge is 0.319 e. The molecule has 2 aromatic rings. The lowest BCUT2D eigenvalue weighted by atomic mass is 10.2. The van der Waals surface area contributed by atoms with Gasteiger partial charge in [0.15, 0.2) is 0 Å². The Bertz CT molecular complexity index is 552. The Morgan fingerprint density at radius 3 is 2.50 bits per heavy atom. The van der Waals surface area contributed by atoms with E-state index in [2.05, 4.69) is 15.6 Å². The van der Waals surface area contributed by atoms with Crippen molar-refractivity contribution in [3.63, 3.8) is 0 Å². The Hall–Kier alpha value is -2.56. The van der Waals surface area contributed by atoms with E-state index in [0.717, 1.165) is 11.4 Å². The molecule has 104 valence electrons. The zero-order valence-electron chi connectivity index (χ0n) is 11.6. The Morgan fingerprint density at radius 2 is 1.90 bits per heavy atom. The lowest BCUT2D eigenvalue weighted by molar-refractivity contribution is 0.251. The molecule has 0 aliphatic rings. The number of benzene rings is 1. The van der Waals surface area contributed by atoms with Crippen molar-refractivity contribution in [1.82, 2.24) is 10.3 Å². The van der Waals surface area contributed by atoms with Crippen LogP contribution in [0.15, 0.2) is 48.7 Å². The first kappa shape index (κ1) is 13.9. The van der Waals surface area contributed by atoms with Gasteiger partial charge in [-0.05, 0) is 17.7 Å². The van der Waals surface area contributed by atoms with Crippen molar-refractivity contribution in [2.45, 2.75) is 6.54 Å². The molecule has 5 heteroatoms. The fraction of sp³-hybridized carbons (Fsp3) is 0.200. The molecule has 2 N–H and O–H groups in total. The molecule has 5 nitrogen and oxygen atoms in total. The van der Waals surface area contributed by atoms with Gasteiger partial charge in [0, 0.05) is 20.6 Å². The molecular formula is C15H18N4O. The van der Waals surface area contributed by atoms with Crippen LogP contribution in [0.1, 0.15) is 5.56 Å². The third kappa shape index (κ3) is 3.98. The number of amides is 2. The topological polar surface area (TPSA) is 57.3 Å². The normalized spacial score (nSPS) is 9.90. The van der Waals surface area contributed by atoms with Gasteiger partial charge in [-0.15, -0.1) is 0 Å². The average molecular weight is 270 g/mol. The van der Waals surface area contributed by atoms with Crippen LogP contribution in [-0.2, 0) is 6.54 Å². The highest BCUT2D eigenvalue weighted by Crippen LogP contribution is 2.11. The Balaban J connectivity index is 1.85. The van der Waals surface area contributed by atoms with Gasteiger partial charge in [-0.2, -0.15) is 0 Å². The summed E-state index contributed by atoms with van der Waals surface area (Å²) in [6.07, 6.45) is 1.64. The molecule has 0 unspecified atom stereocenters. The lowest BCUT2D eigenvalue weighted by Crippen LogP contribution is -2.28. The quantitative estimate of drug-likeness (QED) is 0.897. The minimum absolute atomic E-state index is 0.242. The molecule has 1 aromatic heterocycles. The molecule has 0 spiro atoms. The van der Waals surface area contributed by atoms with Gasteiger partial charge in [0.1, 0.15) is 5.82 Å². The summed E-state index contributed by atoms with van der Waals surface area (Å²) >= 11 is 0. The second-order valence-corrected chi connectivity index (χ2v) is 4.59. The number of anilines is 2. The maximum absolute atomic E-state index is 11.7.